The molecule has 100 valence electrons. The molecule has 4 aliphatic carbocycles. The second kappa shape index (κ2) is 3.64. The predicted molar refractivity (Wildman–Crippen MR) is 76.0 cm³/mol. The van der Waals surface area contributed by atoms with Crippen LogP contribution in [-0.4, -0.2) is 0 Å². The van der Waals surface area contributed by atoms with Crippen LogP contribution in [0, 0.1) is 59.2 Å². The van der Waals surface area contributed by atoms with Crippen LogP contribution < -0.4 is 0 Å². The highest BCUT2D eigenvalue weighted by Crippen LogP contribution is 2.71. The van der Waals surface area contributed by atoms with Gasteiger partial charge in [-0.15, -0.1) is 0 Å². The van der Waals surface area contributed by atoms with Crippen LogP contribution in [-0.2, 0) is 0 Å². The van der Waals surface area contributed by atoms with Crippen LogP contribution >= 0.6 is 0 Å². The Hall–Kier alpha value is -0.260. The summed E-state index contributed by atoms with van der Waals surface area (Å²) in [5.74, 6) is 10.2. The van der Waals surface area contributed by atoms with Gasteiger partial charge < -0.3 is 0 Å². The molecule has 0 amide bonds. The molecule has 9 unspecified atom stereocenters. The fourth-order valence-electron chi connectivity index (χ4n) is 6.89. The van der Waals surface area contributed by atoms with Crippen molar-refractivity contribution in [3.05, 3.63) is 12.2 Å². The average Bonchev–Trinajstić information content (AvgIpc) is 2.97. The fraction of sp³-hybridized carbons (Fsp3) is 0.889. The first-order valence-corrected chi connectivity index (χ1v) is 8.28. The highest BCUT2D eigenvalue weighted by Gasteiger charge is 2.65. The lowest BCUT2D eigenvalue weighted by Crippen LogP contribution is -2.31. The Morgan fingerprint density at radius 1 is 0.944 bits per heavy atom. The van der Waals surface area contributed by atoms with Crippen molar-refractivity contribution < 1.29 is 0 Å². The van der Waals surface area contributed by atoms with Crippen molar-refractivity contribution in [2.24, 2.45) is 59.2 Å². The predicted octanol–water partition coefficient (Wildman–Crippen LogP) is 4.62. The van der Waals surface area contributed by atoms with Crippen molar-refractivity contribution in [2.45, 2.75) is 40.5 Å². The third-order valence-electron chi connectivity index (χ3n) is 7.22. The van der Waals surface area contributed by atoms with Crippen LogP contribution in [0.3, 0.4) is 0 Å². The van der Waals surface area contributed by atoms with Crippen LogP contribution in [0.1, 0.15) is 40.5 Å². The first-order valence-electron chi connectivity index (χ1n) is 8.28. The van der Waals surface area contributed by atoms with E-state index in [0.29, 0.717) is 0 Å². The van der Waals surface area contributed by atoms with Crippen molar-refractivity contribution >= 4 is 0 Å². The second-order valence-corrected chi connectivity index (χ2v) is 8.28. The van der Waals surface area contributed by atoms with Crippen LogP contribution in [0.5, 0.6) is 0 Å². The average molecular weight is 244 g/mol. The molecule has 9 atom stereocenters. The van der Waals surface area contributed by atoms with E-state index in [1.165, 1.54) is 6.42 Å². The van der Waals surface area contributed by atoms with E-state index in [4.69, 9.17) is 0 Å². The smallest absolute Gasteiger partial charge is 0.0168 e. The van der Waals surface area contributed by atoms with E-state index in [1.54, 1.807) is 6.42 Å². The van der Waals surface area contributed by atoms with Gasteiger partial charge in [0.15, 0.2) is 0 Å². The first-order chi connectivity index (χ1) is 8.59. The summed E-state index contributed by atoms with van der Waals surface area (Å²) in [7, 11) is 0. The SMILES string of the molecule is CC(C)CC1CC2C(C)C1C1C3C=CC(C3C)C21. The zero-order valence-electron chi connectivity index (χ0n) is 12.3. The summed E-state index contributed by atoms with van der Waals surface area (Å²) in [6, 6.07) is 0. The van der Waals surface area contributed by atoms with Crippen LogP contribution in [0.2, 0.25) is 0 Å². The van der Waals surface area contributed by atoms with Gasteiger partial charge in [0.2, 0.25) is 0 Å². The van der Waals surface area contributed by atoms with E-state index in [0.717, 1.165) is 59.2 Å². The molecule has 0 aliphatic heterocycles. The molecule has 18 heavy (non-hydrogen) atoms. The lowest BCUT2D eigenvalue weighted by molar-refractivity contribution is 0.133. The molecular formula is C18H28. The molecule has 0 N–H and O–H groups in total. The number of hydrogen-bond donors (Lipinski definition) is 0. The largest absolute Gasteiger partial charge is 0.0845 e. The molecule has 0 heteroatoms. The van der Waals surface area contributed by atoms with E-state index < -0.39 is 0 Å². The summed E-state index contributed by atoms with van der Waals surface area (Å²) in [4.78, 5) is 0. The molecule has 4 rings (SSSR count). The highest BCUT2D eigenvalue weighted by atomic mass is 14.7. The van der Waals surface area contributed by atoms with Crippen LogP contribution in [0.4, 0.5) is 0 Å². The first kappa shape index (κ1) is 11.6. The molecule has 0 spiro atoms. The van der Waals surface area contributed by atoms with Crippen molar-refractivity contribution in [3.63, 3.8) is 0 Å². The molecule has 0 aromatic rings. The highest BCUT2D eigenvalue weighted by molar-refractivity contribution is 5.23. The third-order valence-corrected chi connectivity index (χ3v) is 7.22. The normalized spacial score (nSPS) is 59.9. The number of fused-ring (bicyclic) bond motifs is 9. The Balaban J connectivity index is 1.65. The maximum atomic E-state index is 2.59. The molecule has 3 fully saturated rings. The van der Waals surface area contributed by atoms with Gasteiger partial charge in [-0.05, 0) is 72.0 Å². The Bertz CT molecular complexity index is 379. The molecule has 4 aliphatic rings. The van der Waals surface area contributed by atoms with Gasteiger partial charge in [0.25, 0.3) is 0 Å². The summed E-state index contributed by atoms with van der Waals surface area (Å²) in [6.07, 6.45) is 8.23. The third kappa shape index (κ3) is 1.23. The van der Waals surface area contributed by atoms with Crippen LogP contribution in [0.15, 0.2) is 12.2 Å². The Kier molecular flexibility index (Phi) is 2.34. The van der Waals surface area contributed by atoms with Gasteiger partial charge in [0, 0.05) is 0 Å². The maximum Gasteiger partial charge on any atom is -0.0168 e. The second-order valence-electron chi connectivity index (χ2n) is 8.28. The number of rotatable bonds is 2. The Morgan fingerprint density at radius 2 is 1.61 bits per heavy atom. The minimum Gasteiger partial charge on any atom is -0.0845 e. The zero-order valence-corrected chi connectivity index (χ0v) is 12.3. The minimum atomic E-state index is 0.895. The molecule has 0 aromatic heterocycles. The van der Waals surface area contributed by atoms with Crippen molar-refractivity contribution in [3.8, 4) is 0 Å². The number of allylic oxidation sites excluding steroid dienone is 2. The molecule has 0 radical (unpaired) electrons. The van der Waals surface area contributed by atoms with Crippen molar-refractivity contribution in [1.82, 2.24) is 0 Å². The summed E-state index contributed by atoms with van der Waals surface area (Å²) < 4.78 is 0. The van der Waals surface area contributed by atoms with Gasteiger partial charge in [0.1, 0.15) is 0 Å². The molecular weight excluding hydrogens is 216 g/mol. The van der Waals surface area contributed by atoms with Gasteiger partial charge in [-0.1, -0.05) is 39.8 Å². The Morgan fingerprint density at radius 3 is 2.28 bits per heavy atom. The molecule has 0 aromatic carbocycles. The van der Waals surface area contributed by atoms with Crippen LogP contribution in [0.25, 0.3) is 0 Å². The lowest BCUT2D eigenvalue weighted by atomic mass is 9.68. The fourth-order valence-corrected chi connectivity index (χ4v) is 6.89. The monoisotopic (exact) mass is 244 g/mol. The van der Waals surface area contributed by atoms with Crippen molar-refractivity contribution in [2.75, 3.05) is 0 Å². The maximum absolute atomic E-state index is 2.59. The van der Waals surface area contributed by atoms with E-state index >= 15 is 0 Å². The molecule has 4 bridgehead atoms. The quantitative estimate of drug-likeness (QED) is 0.491. The van der Waals surface area contributed by atoms with E-state index in [1.807, 2.05) is 0 Å². The Labute approximate surface area is 112 Å². The minimum absolute atomic E-state index is 0.895. The van der Waals surface area contributed by atoms with Gasteiger partial charge in [-0.25, -0.2) is 0 Å². The summed E-state index contributed by atoms with van der Waals surface area (Å²) >= 11 is 0. The lowest BCUT2D eigenvalue weighted by Gasteiger charge is -2.37. The molecule has 0 heterocycles. The van der Waals surface area contributed by atoms with E-state index in [-0.39, 0.29) is 0 Å². The number of hydrogen-bond acceptors (Lipinski definition) is 0. The standard InChI is InChI=1S/C18H28/c1-9(2)7-12-8-15-11(4)16(12)18-14-6-5-13(10(14)3)17(15)18/h5-6,9-18H,7-8H2,1-4H3. The summed E-state index contributed by atoms with van der Waals surface area (Å²) in [6.45, 7) is 9.93. The summed E-state index contributed by atoms with van der Waals surface area (Å²) in [5, 5.41) is 0. The molecule has 3 saturated carbocycles. The molecule has 0 saturated heterocycles. The van der Waals surface area contributed by atoms with Gasteiger partial charge in [-0.2, -0.15) is 0 Å². The van der Waals surface area contributed by atoms with Crippen molar-refractivity contribution in [1.29, 1.82) is 0 Å². The van der Waals surface area contributed by atoms with Gasteiger partial charge in [0.05, 0.1) is 0 Å². The molecule has 0 nitrogen and oxygen atoms in total. The van der Waals surface area contributed by atoms with Gasteiger partial charge in [-0.3, -0.25) is 0 Å². The topological polar surface area (TPSA) is 0 Å². The van der Waals surface area contributed by atoms with Gasteiger partial charge >= 0.3 is 0 Å². The van der Waals surface area contributed by atoms with E-state index in [9.17, 15) is 0 Å². The van der Waals surface area contributed by atoms with E-state index in [2.05, 4.69) is 39.8 Å². The summed E-state index contributed by atoms with van der Waals surface area (Å²) in [5.41, 5.74) is 0. The zero-order chi connectivity index (χ0) is 12.6.